The molecule has 6 nitrogen and oxygen atoms in total. The molecular weight excluding hydrogens is 308 g/mol. The van der Waals surface area contributed by atoms with Gasteiger partial charge in [0.1, 0.15) is 5.69 Å². The number of carbonyl (C=O) groups is 3. The van der Waals surface area contributed by atoms with Crippen molar-refractivity contribution in [1.82, 2.24) is 9.47 Å². The fourth-order valence-electron chi connectivity index (χ4n) is 3.06. The van der Waals surface area contributed by atoms with Gasteiger partial charge in [-0.3, -0.25) is 9.59 Å². The number of carbonyl (C=O) groups excluding carboxylic acids is 3. The number of ether oxygens (including phenoxy) is 1. The van der Waals surface area contributed by atoms with Gasteiger partial charge in [0.25, 0.3) is 0 Å². The van der Waals surface area contributed by atoms with Gasteiger partial charge in [-0.15, -0.1) is 6.58 Å². The highest BCUT2D eigenvalue weighted by Gasteiger charge is 2.31. The molecule has 0 aliphatic rings. The minimum Gasteiger partial charge on any atom is -0.464 e. The van der Waals surface area contributed by atoms with Crippen LogP contribution < -0.4 is 0 Å². The molecule has 1 rings (SSSR count). The lowest BCUT2D eigenvalue weighted by molar-refractivity contribution is -0.129. The molecule has 0 aliphatic carbocycles. The summed E-state index contributed by atoms with van der Waals surface area (Å²) in [5, 5.41) is 0. The maximum Gasteiger partial charge on any atom is 0.354 e. The van der Waals surface area contributed by atoms with Gasteiger partial charge in [0.15, 0.2) is 5.78 Å². The quantitative estimate of drug-likeness (QED) is 0.436. The second-order valence-electron chi connectivity index (χ2n) is 5.67. The van der Waals surface area contributed by atoms with Crippen molar-refractivity contribution < 1.29 is 19.1 Å². The van der Waals surface area contributed by atoms with Crippen LogP contribution in [0, 0.1) is 13.8 Å². The smallest absolute Gasteiger partial charge is 0.354 e. The van der Waals surface area contributed by atoms with Gasteiger partial charge in [-0.25, -0.2) is 4.79 Å². The molecule has 0 radical (unpaired) electrons. The standard InChI is InChI=1S/C18H26N2O4/c1-8-10-20(14(6)21)13(5)17(22)15-11(3)16(18(23)24-7)19(9-2)12(15)4/h8,13H,1,9-10H2,2-7H3/t13-/m1/s1. The summed E-state index contributed by atoms with van der Waals surface area (Å²) in [7, 11) is 1.32. The van der Waals surface area contributed by atoms with E-state index in [1.807, 2.05) is 6.92 Å². The molecule has 0 N–H and O–H groups in total. The molecule has 1 aromatic heterocycles. The first-order valence-corrected chi connectivity index (χ1v) is 7.93. The van der Waals surface area contributed by atoms with E-state index in [0.717, 1.165) is 0 Å². The molecule has 0 aromatic carbocycles. The number of ketones is 1. The number of hydrogen-bond acceptors (Lipinski definition) is 4. The van der Waals surface area contributed by atoms with E-state index < -0.39 is 12.0 Å². The van der Waals surface area contributed by atoms with Crippen molar-refractivity contribution in [2.75, 3.05) is 13.7 Å². The molecule has 1 aromatic rings. The summed E-state index contributed by atoms with van der Waals surface area (Å²) in [4.78, 5) is 38.4. The zero-order chi connectivity index (χ0) is 18.6. The fourth-order valence-corrected chi connectivity index (χ4v) is 3.06. The Morgan fingerprint density at radius 3 is 2.33 bits per heavy atom. The Labute approximate surface area is 143 Å². The van der Waals surface area contributed by atoms with E-state index in [0.29, 0.717) is 35.6 Å². The van der Waals surface area contributed by atoms with Gasteiger partial charge in [-0.1, -0.05) is 6.08 Å². The van der Waals surface area contributed by atoms with Crippen LogP contribution in [-0.4, -0.2) is 46.8 Å². The van der Waals surface area contributed by atoms with E-state index in [1.54, 1.807) is 31.4 Å². The van der Waals surface area contributed by atoms with Crippen molar-refractivity contribution in [3.8, 4) is 0 Å². The number of nitrogens with zero attached hydrogens (tertiary/aromatic N) is 2. The third kappa shape index (κ3) is 3.42. The molecule has 0 aliphatic heterocycles. The van der Waals surface area contributed by atoms with Crippen LogP contribution in [0.5, 0.6) is 0 Å². The molecule has 0 bridgehead atoms. The molecule has 1 atom stereocenters. The first-order chi connectivity index (χ1) is 11.2. The van der Waals surface area contributed by atoms with Crippen LogP contribution in [0.2, 0.25) is 0 Å². The summed E-state index contributed by atoms with van der Waals surface area (Å²) in [6.07, 6.45) is 1.59. The normalized spacial score (nSPS) is 11.8. The van der Waals surface area contributed by atoms with Gasteiger partial charge >= 0.3 is 5.97 Å². The monoisotopic (exact) mass is 334 g/mol. The van der Waals surface area contributed by atoms with E-state index in [2.05, 4.69) is 6.58 Å². The fraction of sp³-hybridized carbons (Fsp3) is 0.500. The average Bonchev–Trinajstić information content (AvgIpc) is 2.80. The number of amides is 1. The summed E-state index contributed by atoms with van der Waals surface area (Å²) in [6.45, 7) is 13.0. The van der Waals surface area contributed by atoms with Crippen LogP contribution in [0.3, 0.4) is 0 Å². The van der Waals surface area contributed by atoms with Crippen molar-refractivity contribution in [1.29, 1.82) is 0 Å². The van der Waals surface area contributed by atoms with E-state index in [4.69, 9.17) is 4.74 Å². The van der Waals surface area contributed by atoms with Gasteiger partial charge < -0.3 is 14.2 Å². The number of aromatic nitrogens is 1. The molecule has 0 saturated heterocycles. The maximum atomic E-state index is 13.0. The Kier molecular flexibility index (Phi) is 6.51. The van der Waals surface area contributed by atoms with E-state index in [-0.39, 0.29) is 11.7 Å². The van der Waals surface area contributed by atoms with Crippen LogP contribution in [0.4, 0.5) is 0 Å². The summed E-state index contributed by atoms with van der Waals surface area (Å²) in [6, 6.07) is -0.642. The van der Waals surface area contributed by atoms with E-state index in [9.17, 15) is 14.4 Å². The SMILES string of the molecule is C=CCN(C(C)=O)[C@H](C)C(=O)c1c(C)c(C(=O)OC)n(CC)c1C. The second kappa shape index (κ2) is 7.95. The van der Waals surface area contributed by atoms with Crippen molar-refractivity contribution in [2.45, 2.75) is 47.2 Å². The lowest BCUT2D eigenvalue weighted by atomic mass is 10.00. The zero-order valence-corrected chi connectivity index (χ0v) is 15.3. The van der Waals surface area contributed by atoms with Gasteiger partial charge in [0.05, 0.1) is 13.2 Å². The number of hydrogen-bond donors (Lipinski definition) is 0. The third-order valence-electron chi connectivity index (χ3n) is 4.29. The van der Waals surface area contributed by atoms with E-state index in [1.165, 1.54) is 18.9 Å². The van der Waals surface area contributed by atoms with Crippen LogP contribution >= 0.6 is 0 Å². The van der Waals surface area contributed by atoms with Crippen LogP contribution in [0.1, 0.15) is 52.9 Å². The summed E-state index contributed by atoms with van der Waals surface area (Å²) in [5.41, 5.74) is 2.14. The first-order valence-electron chi connectivity index (χ1n) is 7.93. The largest absolute Gasteiger partial charge is 0.464 e. The van der Waals surface area contributed by atoms with Crippen molar-refractivity contribution in [3.05, 3.63) is 35.2 Å². The minimum absolute atomic E-state index is 0.195. The van der Waals surface area contributed by atoms with Crippen LogP contribution in [0.25, 0.3) is 0 Å². The molecule has 1 amide bonds. The van der Waals surface area contributed by atoms with Crippen LogP contribution in [0.15, 0.2) is 12.7 Å². The lowest BCUT2D eigenvalue weighted by Gasteiger charge is -2.26. The Balaban J connectivity index is 3.43. The number of methoxy groups -OCH3 is 1. The Morgan fingerprint density at radius 2 is 1.92 bits per heavy atom. The Morgan fingerprint density at radius 1 is 1.33 bits per heavy atom. The Bertz CT molecular complexity index is 673. The maximum absolute atomic E-state index is 13.0. The number of rotatable bonds is 7. The Hall–Kier alpha value is -2.37. The highest BCUT2D eigenvalue weighted by atomic mass is 16.5. The van der Waals surface area contributed by atoms with Crippen molar-refractivity contribution in [2.24, 2.45) is 0 Å². The predicted molar refractivity (Wildman–Crippen MR) is 92.3 cm³/mol. The van der Waals surface area contributed by atoms with Gasteiger partial charge in [-0.05, 0) is 33.3 Å². The molecule has 0 saturated carbocycles. The number of esters is 1. The average molecular weight is 334 g/mol. The molecule has 0 spiro atoms. The summed E-state index contributed by atoms with van der Waals surface area (Å²) >= 11 is 0. The van der Waals surface area contributed by atoms with Gasteiger partial charge in [0.2, 0.25) is 5.91 Å². The molecule has 0 fully saturated rings. The molecular formula is C18H26N2O4. The van der Waals surface area contributed by atoms with E-state index >= 15 is 0 Å². The van der Waals surface area contributed by atoms with Gasteiger partial charge in [0, 0.05) is 31.3 Å². The van der Waals surface area contributed by atoms with Crippen molar-refractivity contribution in [3.63, 3.8) is 0 Å². The predicted octanol–water partition coefficient (Wildman–Crippen LogP) is 2.52. The first kappa shape index (κ1) is 19.7. The topological polar surface area (TPSA) is 68.6 Å². The third-order valence-corrected chi connectivity index (χ3v) is 4.29. The molecule has 1 heterocycles. The van der Waals surface area contributed by atoms with Crippen LogP contribution in [-0.2, 0) is 16.1 Å². The summed E-state index contributed by atoms with van der Waals surface area (Å²) < 4.78 is 6.61. The second-order valence-corrected chi connectivity index (χ2v) is 5.67. The molecule has 0 unspecified atom stereocenters. The number of Topliss-reactive ketones (excluding diaryl/α,β-unsaturated/α-hetero) is 1. The molecule has 132 valence electrons. The minimum atomic E-state index is -0.642. The highest BCUT2D eigenvalue weighted by molar-refractivity contribution is 6.06. The summed E-state index contributed by atoms with van der Waals surface area (Å²) in [5.74, 6) is -0.868. The molecule has 6 heteroatoms. The molecule has 24 heavy (non-hydrogen) atoms. The van der Waals surface area contributed by atoms with Gasteiger partial charge in [-0.2, -0.15) is 0 Å². The van der Waals surface area contributed by atoms with Crippen molar-refractivity contribution >= 4 is 17.7 Å². The zero-order valence-electron chi connectivity index (χ0n) is 15.3. The lowest BCUT2D eigenvalue weighted by Crippen LogP contribution is -2.42. The highest BCUT2D eigenvalue weighted by Crippen LogP contribution is 2.25.